The van der Waals surface area contributed by atoms with Crippen molar-refractivity contribution < 1.29 is 18.3 Å². The fraction of sp³-hybridized carbons (Fsp3) is 0.389. The number of piperidine rings is 1. The number of anilines is 2. The Balaban J connectivity index is 1.60. The molecule has 25 heavy (non-hydrogen) atoms. The van der Waals surface area contributed by atoms with Crippen LogP contribution < -0.4 is 15.4 Å². The minimum Gasteiger partial charge on any atom is -0.487 e. The first-order valence-corrected chi connectivity index (χ1v) is 8.17. The Morgan fingerprint density at radius 3 is 2.64 bits per heavy atom. The molecule has 0 bridgehead atoms. The molecule has 2 heterocycles. The Bertz CT molecular complexity index is 734. The van der Waals surface area contributed by atoms with Gasteiger partial charge in [-0.25, -0.2) is 13.8 Å². The molecule has 134 valence electrons. The van der Waals surface area contributed by atoms with Crippen molar-refractivity contribution in [3.63, 3.8) is 0 Å². The summed E-state index contributed by atoms with van der Waals surface area (Å²) >= 11 is 0. The molecule has 1 aliphatic heterocycles. The molecule has 7 heteroatoms. The topological polar surface area (TPSA) is 60.6 Å². The van der Waals surface area contributed by atoms with Crippen LogP contribution in [0.4, 0.5) is 20.3 Å². The monoisotopic (exact) mass is 349 g/mol. The quantitative estimate of drug-likeness (QED) is 0.899. The van der Waals surface area contributed by atoms with Gasteiger partial charge in [0.25, 0.3) is 0 Å². The second kappa shape index (κ2) is 7.65. The highest BCUT2D eigenvalue weighted by molar-refractivity contribution is 5.63. The van der Waals surface area contributed by atoms with E-state index in [1.54, 1.807) is 13.3 Å². The molecule has 0 spiro atoms. The molecule has 0 unspecified atom stereocenters. The number of nitrogens with zero attached hydrogens (tertiary/aromatic N) is 2. The molecule has 1 fully saturated rings. The van der Waals surface area contributed by atoms with Crippen molar-refractivity contribution in [3.05, 3.63) is 47.7 Å². The van der Waals surface area contributed by atoms with Crippen LogP contribution >= 0.6 is 0 Å². The molecule has 1 aliphatic rings. The molecular weight excluding hydrogens is 328 g/mol. The Kier molecular flexibility index (Phi) is 5.33. The summed E-state index contributed by atoms with van der Waals surface area (Å²) < 4.78 is 37.4. The molecular formula is C18H21F2N3O2. The zero-order valence-electron chi connectivity index (χ0n) is 14.0. The van der Waals surface area contributed by atoms with Crippen LogP contribution in [0.3, 0.4) is 0 Å². The van der Waals surface area contributed by atoms with E-state index >= 15 is 0 Å². The Hall–Kier alpha value is -2.41. The van der Waals surface area contributed by atoms with Gasteiger partial charge in [0.15, 0.2) is 17.4 Å². The van der Waals surface area contributed by atoms with E-state index < -0.39 is 11.6 Å². The predicted octanol–water partition coefficient (Wildman–Crippen LogP) is 3.14. The van der Waals surface area contributed by atoms with Gasteiger partial charge in [0.2, 0.25) is 0 Å². The van der Waals surface area contributed by atoms with Gasteiger partial charge in [-0.2, -0.15) is 0 Å². The average Bonchev–Trinajstić information content (AvgIpc) is 2.59. The summed E-state index contributed by atoms with van der Waals surface area (Å²) in [5, 5.41) is 0. The van der Waals surface area contributed by atoms with E-state index in [2.05, 4.69) is 9.88 Å². The van der Waals surface area contributed by atoms with Crippen molar-refractivity contribution in [2.75, 3.05) is 30.8 Å². The van der Waals surface area contributed by atoms with Crippen LogP contribution in [-0.2, 0) is 11.3 Å². The normalized spacial score (nSPS) is 15.4. The lowest BCUT2D eigenvalue weighted by atomic mass is 10.1. The number of hydrogen-bond acceptors (Lipinski definition) is 5. The zero-order chi connectivity index (χ0) is 17.8. The van der Waals surface area contributed by atoms with Crippen molar-refractivity contribution in [2.45, 2.75) is 25.6 Å². The van der Waals surface area contributed by atoms with E-state index in [-0.39, 0.29) is 11.9 Å². The van der Waals surface area contributed by atoms with Crippen LogP contribution in [0, 0.1) is 11.6 Å². The maximum Gasteiger partial charge on any atom is 0.167 e. The van der Waals surface area contributed by atoms with Gasteiger partial charge in [0.1, 0.15) is 11.9 Å². The van der Waals surface area contributed by atoms with Crippen LogP contribution in [0.5, 0.6) is 5.75 Å². The summed E-state index contributed by atoms with van der Waals surface area (Å²) in [6.45, 7) is 1.87. The molecule has 0 saturated carbocycles. The van der Waals surface area contributed by atoms with E-state index in [1.165, 1.54) is 12.1 Å². The standard InChI is InChI=1S/C18H21F2N3O2/c1-24-11-12-8-16(21)18(22-10-12)23-6-4-14(5-7-23)25-17-3-2-13(19)9-15(17)20/h2-3,8-10,14H,4-7,11,21H2,1H3. The van der Waals surface area contributed by atoms with E-state index in [0.717, 1.165) is 17.4 Å². The third-order valence-corrected chi connectivity index (χ3v) is 4.19. The van der Waals surface area contributed by atoms with Crippen molar-refractivity contribution in [3.8, 4) is 5.75 Å². The van der Waals surface area contributed by atoms with Gasteiger partial charge in [-0.15, -0.1) is 0 Å². The fourth-order valence-corrected chi connectivity index (χ4v) is 2.97. The van der Waals surface area contributed by atoms with Gasteiger partial charge >= 0.3 is 0 Å². The number of methoxy groups -OCH3 is 1. The maximum atomic E-state index is 13.7. The van der Waals surface area contributed by atoms with Crippen LogP contribution in [0.1, 0.15) is 18.4 Å². The first-order valence-electron chi connectivity index (χ1n) is 8.17. The first-order chi connectivity index (χ1) is 12.1. The van der Waals surface area contributed by atoms with Crippen LogP contribution in [0.15, 0.2) is 30.5 Å². The minimum absolute atomic E-state index is 0.0846. The number of hydrogen-bond donors (Lipinski definition) is 1. The van der Waals surface area contributed by atoms with Gasteiger partial charge in [0.05, 0.1) is 12.3 Å². The number of aromatic nitrogens is 1. The van der Waals surface area contributed by atoms with Crippen LogP contribution in [-0.4, -0.2) is 31.3 Å². The van der Waals surface area contributed by atoms with E-state index in [1.807, 2.05) is 6.07 Å². The summed E-state index contributed by atoms with van der Waals surface area (Å²) in [4.78, 5) is 6.52. The zero-order valence-corrected chi connectivity index (χ0v) is 14.0. The lowest BCUT2D eigenvalue weighted by Gasteiger charge is -2.33. The highest BCUT2D eigenvalue weighted by Gasteiger charge is 2.23. The number of halogens is 2. The van der Waals surface area contributed by atoms with Crippen molar-refractivity contribution in [2.24, 2.45) is 0 Å². The molecule has 5 nitrogen and oxygen atoms in total. The number of nitrogens with two attached hydrogens (primary N) is 1. The molecule has 0 radical (unpaired) electrons. The van der Waals surface area contributed by atoms with Crippen LogP contribution in [0.25, 0.3) is 0 Å². The third-order valence-electron chi connectivity index (χ3n) is 4.19. The fourth-order valence-electron chi connectivity index (χ4n) is 2.97. The lowest BCUT2D eigenvalue weighted by Crippen LogP contribution is -2.39. The van der Waals surface area contributed by atoms with Crippen LogP contribution in [0.2, 0.25) is 0 Å². The lowest BCUT2D eigenvalue weighted by molar-refractivity contribution is 0.163. The summed E-state index contributed by atoms with van der Waals surface area (Å²) in [5.41, 5.74) is 7.63. The summed E-state index contributed by atoms with van der Waals surface area (Å²) in [5.74, 6) is -0.465. The molecule has 2 N–H and O–H groups in total. The molecule has 2 aromatic rings. The van der Waals surface area contributed by atoms with Crippen molar-refractivity contribution in [1.29, 1.82) is 0 Å². The number of nitrogen functional groups attached to an aromatic ring is 1. The highest BCUT2D eigenvalue weighted by atomic mass is 19.1. The molecule has 1 saturated heterocycles. The Morgan fingerprint density at radius 1 is 1.24 bits per heavy atom. The van der Waals surface area contributed by atoms with Gasteiger partial charge in [-0.3, -0.25) is 0 Å². The van der Waals surface area contributed by atoms with Gasteiger partial charge < -0.3 is 20.1 Å². The molecule has 3 rings (SSSR count). The Labute approximate surface area is 145 Å². The third kappa shape index (κ3) is 4.17. The molecule has 1 aromatic heterocycles. The summed E-state index contributed by atoms with van der Waals surface area (Å²) in [6.07, 6.45) is 3.05. The molecule has 1 aromatic carbocycles. The molecule has 0 aliphatic carbocycles. The summed E-state index contributed by atoms with van der Waals surface area (Å²) in [7, 11) is 1.62. The average molecular weight is 349 g/mol. The molecule has 0 amide bonds. The maximum absolute atomic E-state index is 13.7. The minimum atomic E-state index is -0.679. The number of ether oxygens (including phenoxy) is 2. The highest BCUT2D eigenvalue weighted by Crippen LogP contribution is 2.27. The smallest absolute Gasteiger partial charge is 0.167 e. The van der Waals surface area contributed by atoms with Gasteiger partial charge in [0, 0.05) is 45.3 Å². The second-order valence-corrected chi connectivity index (χ2v) is 6.07. The largest absolute Gasteiger partial charge is 0.487 e. The first kappa shape index (κ1) is 17.4. The van der Waals surface area contributed by atoms with Gasteiger partial charge in [-0.05, 0) is 23.8 Å². The SMILES string of the molecule is COCc1cnc(N2CCC(Oc3ccc(F)cc3F)CC2)c(N)c1. The van der Waals surface area contributed by atoms with Crippen molar-refractivity contribution >= 4 is 11.5 Å². The molecule has 0 atom stereocenters. The Morgan fingerprint density at radius 2 is 2.00 bits per heavy atom. The number of rotatable bonds is 5. The second-order valence-electron chi connectivity index (χ2n) is 6.07. The van der Waals surface area contributed by atoms with E-state index in [9.17, 15) is 8.78 Å². The van der Waals surface area contributed by atoms with E-state index in [4.69, 9.17) is 15.2 Å². The van der Waals surface area contributed by atoms with Crippen molar-refractivity contribution in [1.82, 2.24) is 4.98 Å². The predicted molar refractivity (Wildman–Crippen MR) is 91.6 cm³/mol. The number of pyridine rings is 1. The van der Waals surface area contributed by atoms with Gasteiger partial charge in [-0.1, -0.05) is 0 Å². The number of benzene rings is 1. The summed E-state index contributed by atoms with van der Waals surface area (Å²) in [6, 6.07) is 5.21. The van der Waals surface area contributed by atoms with E-state index in [0.29, 0.717) is 38.2 Å².